The van der Waals surface area contributed by atoms with Gasteiger partial charge >= 0.3 is 6.09 Å². The smallest absolute Gasteiger partial charge is 0.407 e. The Hall–Kier alpha value is -2.59. The van der Waals surface area contributed by atoms with E-state index < -0.39 is 18.2 Å². The van der Waals surface area contributed by atoms with Gasteiger partial charge in [0.1, 0.15) is 6.61 Å². The summed E-state index contributed by atoms with van der Waals surface area (Å²) in [6.07, 6.45) is 0.495. The molecule has 23 heavy (non-hydrogen) atoms. The molecule has 0 aliphatic heterocycles. The Kier molecular flexibility index (Phi) is 6.39. The van der Waals surface area contributed by atoms with Crippen molar-refractivity contribution in [2.75, 3.05) is 0 Å². The van der Waals surface area contributed by atoms with Gasteiger partial charge in [-0.05, 0) is 17.5 Å². The summed E-state index contributed by atoms with van der Waals surface area (Å²) in [5, 5.41) is 12.7. The first kappa shape index (κ1) is 16.8. The lowest BCUT2D eigenvalue weighted by Gasteiger charge is -2.21. The van der Waals surface area contributed by atoms with Gasteiger partial charge in [0.15, 0.2) is 0 Å². The van der Waals surface area contributed by atoms with E-state index in [4.69, 9.17) is 4.74 Å². The van der Waals surface area contributed by atoms with Crippen molar-refractivity contribution in [3.8, 4) is 0 Å². The number of aliphatic hydroxyl groups excluding tert-OH is 1. The normalized spacial score (nSPS) is 12.9. The van der Waals surface area contributed by atoms with E-state index >= 15 is 0 Å². The van der Waals surface area contributed by atoms with Crippen LogP contribution in [0.5, 0.6) is 0 Å². The van der Waals surface area contributed by atoms with Crippen molar-refractivity contribution in [2.45, 2.75) is 25.2 Å². The third-order valence-corrected chi connectivity index (χ3v) is 3.47. The highest BCUT2D eigenvalue weighted by Gasteiger charge is 2.20. The van der Waals surface area contributed by atoms with Gasteiger partial charge in [-0.1, -0.05) is 66.7 Å². The molecule has 0 saturated carbocycles. The molecule has 4 nitrogen and oxygen atoms in total. The van der Waals surface area contributed by atoms with Gasteiger partial charge in [-0.3, -0.25) is 0 Å². The molecule has 0 bridgehead atoms. The quantitative estimate of drug-likeness (QED) is 0.773. The molecule has 2 N–H and O–H groups in total. The van der Waals surface area contributed by atoms with E-state index in [-0.39, 0.29) is 6.61 Å². The number of hydrogen-bond acceptors (Lipinski definition) is 3. The predicted octanol–water partition coefficient (Wildman–Crippen LogP) is 3.07. The van der Waals surface area contributed by atoms with E-state index in [0.29, 0.717) is 6.42 Å². The van der Waals surface area contributed by atoms with Gasteiger partial charge in [0.2, 0.25) is 0 Å². The summed E-state index contributed by atoms with van der Waals surface area (Å²) in [7, 11) is 0. The minimum atomic E-state index is -0.848. The minimum absolute atomic E-state index is 0.189. The highest BCUT2D eigenvalue weighted by atomic mass is 16.5. The molecular formula is C19H21NO3. The summed E-state index contributed by atoms with van der Waals surface area (Å²) >= 11 is 0. The van der Waals surface area contributed by atoms with Crippen molar-refractivity contribution in [3.05, 3.63) is 84.4 Å². The summed E-state index contributed by atoms with van der Waals surface area (Å²) in [5.74, 6) is 0. The lowest BCUT2D eigenvalue weighted by molar-refractivity contribution is 0.118. The second-order valence-corrected chi connectivity index (χ2v) is 5.23. The molecule has 1 amide bonds. The van der Waals surface area contributed by atoms with E-state index in [9.17, 15) is 9.90 Å². The lowest BCUT2D eigenvalue weighted by Crippen LogP contribution is -2.44. The van der Waals surface area contributed by atoms with Crippen molar-refractivity contribution in [2.24, 2.45) is 0 Å². The fourth-order valence-corrected chi connectivity index (χ4v) is 2.21. The number of carbonyl (C=O) groups is 1. The number of ether oxygens (including phenoxy) is 1. The van der Waals surface area contributed by atoms with Crippen LogP contribution in [0.1, 0.15) is 11.1 Å². The molecule has 0 saturated heterocycles. The largest absolute Gasteiger partial charge is 0.445 e. The van der Waals surface area contributed by atoms with Crippen molar-refractivity contribution < 1.29 is 14.6 Å². The van der Waals surface area contributed by atoms with Crippen LogP contribution in [0.4, 0.5) is 4.79 Å². The Labute approximate surface area is 136 Å². The Morgan fingerprint density at radius 1 is 1.09 bits per heavy atom. The molecule has 0 aromatic heterocycles. The molecular weight excluding hydrogens is 290 g/mol. The van der Waals surface area contributed by atoms with E-state index in [1.54, 1.807) is 0 Å². The van der Waals surface area contributed by atoms with Gasteiger partial charge in [0.05, 0.1) is 12.1 Å². The topological polar surface area (TPSA) is 58.6 Å². The maximum Gasteiger partial charge on any atom is 0.407 e. The fraction of sp³-hybridized carbons (Fsp3) is 0.211. The number of aliphatic hydroxyl groups is 1. The number of amides is 1. The van der Waals surface area contributed by atoms with E-state index in [0.717, 1.165) is 11.1 Å². The molecule has 2 rings (SSSR count). The molecule has 0 heterocycles. The first-order valence-corrected chi connectivity index (χ1v) is 7.51. The lowest BCUT2D eigenvalue weighted by atomic mass is 10.0. The van der Waals surface area contributed by atoms with Crippen molar-refractivity contribution >= 4 is 6.09 Å². The molecule has 4 heteroatoms. The maximum absolute atomic E-state index is 12.0. The average molecular weight is 311 g/mol. The van der Waals surface area contributed by atoms with Crippen LogP contribution in [-0.2, 0) is 17.8 Å². The zero-order valence-electron chi connectivity index (χ0n) is 12.9. The first-order valence-electron chi connectivity index (χ1n) is 7.51. The van der Waals surface area contributed by atoms with Crippen LogP contribution in [0.15, 0.2) is 73.3 Å². The summed E-state index contributed by atoms with van der Waals surface area (Å²) < 4.78 is 5.20. The minimum Gasteiger partial charge on any atom is -0.445 e. The number of hydrogen-bond donors (Lipinski definition) is 2. The Morgan fingerprint density at radius 3 is 2.22 bits per heavy atom. The van der Waals surface area contributed by atoms with Gasteiger partial charge < -0.3 is 15.2 Å². The van der Waals surface area contributed by atoms with Crippen molar-refractivity contribution in [3.63, 3.8) is 0 Å². The standard InChI is InChI=1S/C19H21NO3/c1-2-18(21)17(13-15-9-5-3-6-10-15)20-19(22)23-14-16-11-7-4-8-12-16/h2-12,17-18,21H,1,13-14H2,(H,20,22)/t17-,18?/m1/s1. The van der Waals surface area contributed by atoms with Crippen LogP contribution in [0, 0.1) is 0 Å². The molecule has 2 atom stereocenters. The fourth-order valence-electron chi connectivity index (χ4n) is 2.21. The van der Waals surface area contributed by atoms with Crippen LogP contribution in [0.3, 0.4) is 0 Å². The zero-order chi connectivity index (χ0) is 16.5. The van der Waals surface area contributed by atoms with E-state index in [1.165, 1.54) is 6.08 Å². The van der Waals surface area contributed by atoms with Crippen LogP contribution >= 0.6 is 0 Å². The van der Waals surface area contributed by atoms with Gasteiger partial charge in [-0.15, -0.1) is 6.58 Å². The maximum atomic E-state index is 12.0. The van der Waals surface area contributed by atoms with Crippen molar-refractivity contribution in [1.82, 2.24) is 5.32 Å². The molecule has 1 unspecified atom stereocenters. The van der Waals surface area contributed by atoms with Gasteiger partial charge in [-0.25, -0.2) is 4.79 Å². The third kappa shape index (κ3) is 5.60. The number of alkyl carbamates (subject to hydrolysis) is 1. The second-order valence-electron chi connectivity index (χ2n) is 5.23. The summed E-state index contributed by atoms with van der Waals surface area (Å²) in [4.78, 5) is 12.0. The molecule has 0 aliphatic carbocycles. The Morgan fingerprint density at radius 2 is 1.65 bits per heavy atom. The molecule has 0 spiro atoms. The number of carbonyl (C=O) groups excluding carboxylic acids is 1. The molecule has 120 valence electrons. The van der Waals surface area contributed by atoms with Crippen LogP contribution in [0.25, 0.3) is 0 Å². The molecule has 2 aromatic rings. The SMILES string of the molecule is C=CC(O)[C@@H](Cc1ccccc1)NC(=O)OCc1ccccc1. The highest BCUT2D eigenvalue weighted by Crippen LogP contribution is 2.08. The predicted molar refractivity (Wildman–Crippen MR) is 89.9 cm³/mol. The van der Waals surface area contributed by atoms with Crippen LogP contribution < -0.4 is 5.32 Å². The Bertz CT molecular complexity index is 613. The van der Waals surface area contributed by atoms with Gasteiger partial charge in [0, 0.05) is 0 Å². The number of nitrogens with one attached hydrogen (secondary N) is 1. The van der Waals surface area contributed by atoms with E-state index in [1.807, 2.05) is 60.7 Å². The highest BCUT2D eigenvalue weighted by molar-refractivity contribution is 5.67. The average Bonchev–Trinajstić information content (AvgIpc) is 2.60. The summed E-state index contributed by atoms with van der Waals surface area (Å²) in [5.41, 5.74) is 1.92. The third-order valence-electron chi connectivity index (χ3n) is 3.47. The number of rotatable bonds is 7. The van der Waals surface area contributed by atoms with Crippen molar-refractivity contribution in [1.29, 1.82) is 0 Å². The second kappa shape index (κ2) is 8.76. The van der Waals surface area contributed by atoms with Gasteiger partial charge in [-0.2, -0.15) is 0 Å². The zero-order valence-corrected chi connectivity index (χ0v) is 12.9. The first-order chi connectivity index (χ1) is 11.2. The summed E-state index contributed by atoms with van der Waals surface area (Å²) in [6.45, 7) is 3.77. The molecule has 0 fully saturated rings. The summed E-state index contributed by atoms with van der Waals surface area (Å²) in [6, 6.07) is 18.6. The van der Waals surface area contributed by atoms with E-state index in [2.05, 4.69) is 11.9 Å². The molecule has 0 aliphatic rings. The van der Waals surface area contributed by atoms with Crippen LogP contribution in [-0.4, -0.2) is 23.3 Å². The Balaban J connectivity index is 1.91. The molecule has 2 aromatic carbocycles. The van der Waals surface area contributed by atoms with Gasteiger partial charge in [0.25, 0.3) is 0 Å². The van der Waals surface area contributed by atoms with Crippen LogP contribution in [0.2, 0.25) is 0 Å². The molecule has 0 radical (unpaired) electrons. The number of benzene rings is 2. The monoisotopic (exact) mass is 311 g/mol.